The van der Waals surface area contributed by atoms with Crippen molar-refractivity contribution in [1.29, 1.82) is 0 Å². The van der Waals surface area contributed by atoms with Crippen LogP contribution in [-0.4, -0.2) is 54.9 Å². The molecule has 0 aliphatic carbocycles. The molecule has 0 spiro atoms. The van der Waals surface area contributed by atoms with Crippen molar-refractivity contribution in [1.82, 2.24) is 10.1 Å². The van der Waals surface area contributed by atoms with Gasteiger partial charge in [0.05, 0.1) is 12.2 Å². The summed E-state index contributed by atoms with van der Waals surface area (Å²) in [6.45, 7) is 18.5. The fourth-order valence-electron chi connectivity index (χ4n) is 5.81. The Kier molecular flexibility index (Phi) is 6.91. The largest absolute Gasteiger partial charge is 0.345 e. The fourth-order valence-corrected chi connectivity index (χ4v) is 5.81. The van der Waals surface area contributed by atoms with Gasteiger partial charge in [0.1, 0.15) is 0 Å². The molecule has 182 valence electrons. The van der Waals surface area contributed by atoms with Crippen molar-refractivity contribution in [2.45, 2.75) is 129 Å². The minimum Gasteiger partial charge on any atom is -0.345 e. The third-order valence-electron chi connectivity index (χ3n) is 7.18. The van der Waals surface area contributed by atoms with Gasteiger partial charge >= 0.3 is 0 Å². The molecular formula is C26H44N2O4. The monoisotopic (exact) mass is 448 g/mol. The predicted molar refractivity (Wildman–Crippen MR) is 126 cm³/mol. The number of rotatable bonds is 5. The first-order chi connectivity index (χ1) is 14.5. The maximum atomic E-state index is 10.7. The Hall–Kier alpha value is -1.02. The van der Waals surface area contributed by atoms with Crippen LogP contribution in [0.4, 0.5) is 0 Å². The van der Waals surface area contributed by atoms with Crippen molar-refractivity contribution in [2.24, 2.45) is 0 Å². The van der Waals surface area contributed by atoms with Crippen LogP contribution in [0.5, 0.6) is 0 Å². The summed E-state index contributed by atoms with van der Waals surface area (Å²) in [4.78, 5) is 0. The first kappa shape index (κ1) is 25.6. The van der Waals surface area contributed by atoms with E-state index >= 15 is 0 Å². The molecule has 32 heavy (non-hydrogen) atoms. The van der Waals surface area contributed by atoms with Crippen LogP contribution in [0.1, 0.15) is 98.5 Å². The van der Waals surface area contributed by atoms with Gasteiger partial charge in [-0.2, -0.15) is 10.1 Å². The van der Waals surface area contributed by atoms with Crippen LogP contribution < -0.4 is 0 Å². The zero-order valence-corrected chi connectivity index (χ0v) is 21.5. The van der Waals surface area contributed by atoms with E-state index in [1.54, 1.807) is 0 Å². The molecule has 1 aromatic rings. The van der Waals surface area contributed by atoms with E-state index in [1.165, 1.54) is 15.7 Å². The summed E-state index contributed by atoms with van der Waals surface area (Å²) in [5, 5.41) is 24.3. The molecule has 6 heteroatoms. The Bertz CT molecular complexity index is 708. The molecule has 2 saturated heterocycles. The van der Waals surface area contributed by atoms with Crippen LogP contribution >= 0.6 is 0 Å². The van der Waals surface area contributed by atoms with E-state index < -0.39 is 28.4 Å². The highest BCUT2D eigenvalue weighted by Gasteiger charge is 2.48. The van der Waals surface area contributed by atoms with E-state index in [0.717, 1.165) is 5.56 Å². The third-order valence-corrected chi connectivity index (χ3v) is 7.18. The van der Waals surface area contributed by atoms with E-state index in [-0.39, 0.29) is 12.2 Å². The van der Waals surface area contributed by atoms with E-state index in [2.05, 4.69) is 31.2 Å². The Balaban J connectivity index is 1.85. The highest BCUT2D eigenvalue weighted by atomic mass is 16.7. The van der Waals surface area contributed by atoms with Gasteiger partial charge in [0.2, 0.25) is 0 Å². The molecule has 0 radical (unpaired) electrons. The minimum absolute atomic E-state index is 0.0475. The van der Waals surface area contributed by atoms with Gasteiger partial charge in [-0.25, -0.2) is 0 Å². The maximum Gasteiger partial charge on any atom is 0.184 e. The highest BCUT2D eigenvalue weighted by Crippen LogP contribution is 2.42. The molecule has 6 nitrogen and oxygen atoms in total. The lowest BCUT2D eigenvalue weighted by Gasteiger charge is -2.52. The van der Waals surface area contributed by atoms with E-state index in [9.17, 15) is 10.4 Å². The lowest BCUT2D eigenvalue weighted by Crippen LogP contribution is -2.61. The maximum absolute atomic E-state index is 10.7. The van der Waals surface area contributed by atoms with Crippen molar-refractivity contribution in [3.8, 4) is 0 Å². The molecule has 0 unspecified atom stereocenters. The van der Waals surface area contributed by atoms with Crippen LogP contribution in [0, 0.1) is 6.92 Å². The van der Waals surface area contributed by atoms with Crippen LogP contribution in [0.3, 0.4) is 0 Å². The van der Waals surface area contributed by atoms with Gasteiger partial charge in [-0.1, -0.05) is 29.8 Å². The van der Waals surface area contributed by atoms with Gasteiger partial charge in [0.15, 0.2) is 6.29 Å². The van der Waals surface area contributed by atoms with Crippen LogP contribution in [0.15, 0.2) is 24.3 Å². The number of aryl methyl sites for hydroxylation is 1. The average molecular weight is 449 g/mol. The second-order valence-electron chi connectivity index (χ2n) is 12.4. The van der Waals surface area contributed by atoms with Crippen LogP contribution in [-0.2, 0) is 9.47 Å². The topological polar surface area (TPSA) is 65.4 Å². The molecular weight excluding hydrogens is 404 g/mol. The smallest absolute Gasteiger partial charge is 0.184 e. The minimum atomic E-state index is -0.501. The quantitative estimate of drug-likeness (QED) is 0.551. The zero-order valence-electron chi connectivity index (χ0n) is 21.5. The Labute approximate surface area is 194 Å². The molecule has 0 atom stereocenters. The number of piperidine rings is 2. The molecule has 2 aliphatic rings. The molecule has 0 bridgehead atoms. The molecule has 1 aromatic carbocycles. The molecule has 0 saturated carbocycles. The van der Waals surface area contributed by atoms with E-state index in [4.69, 9.17) is 9.47 Å². The number of hydrogen-bond acceptors (Lipinski definition) is 6. The Morgan fingerprint density at radius 2 is 1.00 bits per heavy atom. The molecule has 3 rings (SSSR count). The van der Waals surface area contributed by atoms with Gasteiger partial charge in [-0.15, -0.1) is 0 Å². The first-order valence-electron chi connectivity index (χ1n) is 11.9. The van der Waals surface area contributed by atoms with Crippen molar-refractivity contribution in [3.63, 3.8) is 0 Å². The average Bonchev–Trinajstić information content (AvgIpc) is 2.63. The van der Waals surface area contributed by atoms with Crippen molar-refractivity contribution < 1.29 is 19.9 Å². The molecule has 0 amide bonds. The van der Waals surface area contributed by atoms with Gasteiger partial charge in [-0.3, -0.25) is 0 Å². The normalized spacial score (nSPS) is 26.5. The fraction of sp³-hybridized carbons (Fsp3) is 0.769. The highest BCUT2D eigenvalue weighted by molar-refractivity contribution is 5.22. The molecule has 2 fully saturated rings. The van der Waals surface area contributed by atoms with Gasteiger partial charge < -0.3 is 19.9 Å². The third kappa shape index (κ3) is 5.37. The Morgan fingerprint density at radius 3 is 1.31 bits per heavy atom. The SMILES string of the molecule is Cc1ccc(C(OC2CC(C)(C)N(O)C(C)(C)C2)OC2CC(C)(C)N(O)C(C)(C)C2)cc1. The number of benzene rings is 1. The van der Waals surface area contributed by atoms with Gasteiger partial charge in [0, 0.05) is 27.7 Å². The lowest BCUT2D eigenvalue weighted by atomic mass is 9.80. The van der Waals surface area contributed by atoms with Crippen molar-refractivity contribution in [2.75, 3.05) is 0 Å². The summed E-state index contributed by atoms with van der Waals surface area (Å²) >= 11 is 0. The second kappa shape index (κ2) is 8.64. The summed E-state index contributed by atoms with van der Waals surface area (Å²) in [6, 6.07) is 8.33. The number of hydrogen-bond donors (Lipinski definition) is 2. The number of hydroxylamine groups is 4. The summed E-state index contributed by atoms with van der Waals surface area (Å²) in [5.74, 6) is 0. The Morgan fingerprint density at radius 1 is 0.688 bits per heavy atom. The summed E-state index contributed by atoms with van der Waals surface area (Å²) in [5.41, 5.74) is 0.624. The zero-order chi connectivity index (χ0) is 24.1. The van der Waals surface area contributed by atoms with Crippen LogP contribution in [0.25, 0.3) is 0 Å². The lowest BCUT2D eigenvalue weighted by molar-refractivity contribution is -0.300. The standard InChI is InChI=1S/C26H44N2O4/c1-18-10-12-19(13-11-18)22(31-20-14-23(2,3)27(29)24(4,5)15-20)32-21-16-25(6,7)28(30)26(8,9)17-21/h10-13,20-22,29-30H,14-17H2,1-9H3. The summed E-state index contributed by atoms with van der Waals surface area (Å²) in [6.07, 6.45) is 2.26. The molecule has 2 heterocycles. The van der Waals surface area contributed by atoms with Crippen LogP contribution in [0.2, 0.25) is 0 Å². The predicted octanol–water partition coefficient (Wildman–Crippen LogP) is 5.85. The first-order valence-corrected chi connectivity index (χ1v) is 11.9. The van der Waals surface area contributed by atoms with Gasteiger partial charge in [0.25, 0.3) is 0 Å². The summed E-state index contributed by atoms with van der Waals surface area (Å²) in [7, 11) is 0. The van der Waals surface area contributed by atoms with E-state index in [0.29, 0.717) is 25.7 Å². The van der Waals surface area contributed by atoms with Crippen molar-refractivity contribution in [3.05, 3.63) is 35.4 Å². The van der Waals surface area contributed by atoms with Gasteiger partial charge in [-0.05, 0) is 88.0 Å². The van der Waals surface area contributed by atoms with Crippen molar-refractivity contribution >= 4 is 0 Å². The molecule has 2 N–H and O–H groups in total. The summed E-state index contributed by atoms with van der Waals surface area (Å²) < 4.78 is 13.3. The van der Waals surface area contributed by atoms with E-state index in [1.807, 2.05) is 55.4 Å². The number of nitrogens with zero attached hydrogens (tertiary/aromatic N) is 2. The molecule has 0 aromatic heterocycles. The molecule has 2 aliphatic heterocycles. The number of ether oxygens (including phenoxy) is 2. The second-order valence-corrected chi connectivity index (χ2v) is 12.4.